The summed E-state index contributed by atoms with van der Waals surface area (Å²) in [7, 11) is 0. The molecule has 0 saturated carbocycles. The Morgan fingerprint density at radius 2 is 2.29 bits per heavy atom. The molecule has 1 atom stereocenters. The van der Waals surface area contributed by atoms with Crippen molar-refractivity contribution in [2.75, 3.05) is 6.54 Å². The molecule has 6 nitrogen and oxygen atoms in total. The fourth-order valence-electron chi connectivity index (χ4n) is 2.98. The average Bonchev–Trinajstić information content (AvgIpc) is 3.16. The van der Waals surface area contributed by atoms with Gasteiger partial charge in [-0.05, 0) is 38.3 Å². The van der Waals surface area contributed by atoms with Crippen molar-refractivity contribution in [3.63, 3.8) is 0 Å². The smallest absolute Gasteiger partial charge is 0.224 e. The van der Waals surface area contributed by atoms with Crippen molar-refractivity contribution in [1.82, 2.24) is 24.9 Å². The molecule has 1 aliphatic rings. The Hall–Kier alpha value is -2.11. The van der Waals surface area contributed by atoms with E-state index < -0.39 is 0 Å². The fraction of sp³-hybridized carbons (Fsp3) is 0.533. The molecule has 0 spiro atoms. The molecule has 2 aromatic heterocycles. The summed E-state index contributed by atoms with van der Waals surface area (Å²) in [6.07, 6.45) is 7.26. The van der Waals surface area contributed by atoms with Gasteiger partial charge in [-0.1, -0.05) is 0 Å². The van der Waals surface area contributed by atoms with Crippen LogP contribution in [0.1, 0.15) is 43.1 Å². The second-order valence-electron chi connectivity index (χ2n) is 5.56. The maximum atomic E-state index is 12.6. The molecule has 0 unspecified atom stereocenters. The molecule has 1 amide bonds. The van der Waals surface area contributed by atoms with E-state index in [1.165, 1.54) is 0 Å². The number of nitrogens with zero attached hydrogens (tertiary/aromatic N) is 4. The number of piperidine rings is 1. The molecular formula is C15H21N5O. The number of aryl methyl sites for hydroxylation is 2. The van der Waals surface area contributed by atoms with Crippen molar-refractivity contribution >= 4 is 5.91 Å². The number of carbonyl (C=O) groups is 1. The molecule has 3 rings (SSSR count). The van der Waals surface area contributed by atoms with Crippen LogP contribution in [0.25, 0.3) is 0 Å². The summed E-state index contributed by atoms with van der Waals surface area (Å²) in [6.45, 7) is 3.48. The van der Waals surface area contributed by atoms with Gasteiger partial charge < -0.3 is 4.90 Å². The molecule has 2 aromatic rings. The van der Waals surface area contributed by atoms with Crippen LogP contribution in [0.15, 0.2) is 24.5 Å². The van der Waals surface area contributed by atoms with Gasteiger partial charge in [0.15, 0.2) is 0 Å². The zero-order chi connectivity index (χ0) is 14.7. The summed E-state index contributed by atoms with van der Waals surface area (Å²) in [5.41, 5.74) is 2.13. The topological polar surface area (TPSA) is 66.8 Å². The summed E-state index contributed by atoms with van der Waals surface area (Å²) < 4.78 is 1.88. The molecule has 0 aromatic carbocycles. The number of aromatic amines is 1. The summed E-state index contributed by atoms with van der Waals surface area (Å²) in [4.78, 5) is 14.6. The van der Waals surface area contributed by atoms with E-state index >= 15 is 0 Å². The van der Waals surface area contributed by atoms with E-state index in [-0.39, 0.29) is 11.9 Å². The lowest BCUT2D eigenvalue weighted by Gasteiger charge is -2.35. The highest BCUT2D eigenvalue weighted by Gasteiger charge is 2.28. The second-order valence-corrected chi connectivity index (χ2v) is 5.56. The number of rotatable bonds is 4. The van der Waals surface area contributed by atoms with Crippen LogP contribution in [0.2, 0.25) is 0 Å². The third-order valence-corrected chi connectivity index (χ3v) is 4.17. The van der Waals surface area contributed by atoms with Crippen molar-refractivity contribution in [2.45, 2.75) is 45.2 Å². The van der Waals surface area contributed by atoms with Gasteiger partial charge in [-0.3, -0.25) is 14.6 Å². The lowest BCUT2D eigenvalue weighted by molar-refractivity contribution is -0.135. The van der Waals surface area contributed by atoms with Crippen molar-refractivity contribution in [1.29, 1.82) is 0 Å². The Bertz CT molecular complexity index is 589. The quantitative estimate of drug-likeness (QED) is 0.936. The van der Waals surface area contributed by atoms with Crippen LogP contribution in [-0.4, -0.2) is 37.3 Å². The second kappa shape index (κ2) is 6.11. The standard InChI is InChI=1S/C15H21N5O/c1-12-5-9-17-20(12)11-7-15(21)19-10-3-2-4-14(19)13-6-8-16-18-13/h5-6,8-9,14H,2-4,7,10-11H2,1H3,(H,16,18)/t14-/m0/s1. The predicted octanol–water partition coefficient (Wildman–Crippen LogP) is 2.06. The number of likely N-dealkylation sites (tertiary alicyclic amines) is 1. The van der Waals surface area contributed by atoms with Crippen molar-refractivity contribution in [2.24, 2.45) is 0 Å². The van der Waals surface area contributed by atoms with Gasteiger partial charge in [-0.2, -0.15) is 10.2 Å². The molecule has 1 saturated heterocycles. The molecular weight excluding hydrogens is 266 g/mol. The third-order valence-electron chi connectivity index (χ3n) is 4.17. The van der Waals surface area contributed by atoms with Crippen LogP contribution in [0.4, 0.5) is 0 Å². The number of H-pyrrole nitrogens is 1. The first-order valence-electron chi connectivity index (χ1n) is 7.53. The molecule has 6 heteroatoms. The molecule has 1 fully saturated rings. The normalized spacial score (nSPS) is 18.9. The van der Waals surface area contributed by atoms with Crippen LogP contribution < -0.4 is 0 Å². The number of carbonyl (C=O) groups excluding carboxylic acids is 1. The Kier molecular flexibility index (Phi) is 4.03. The Labute approximate surface area is 124 Å². The number of amides is 1. The van der Waals surface area contributed by atoms with Gasteiger partial charge in [-0.15, -0.1) is 0 Å². The molecule has 112 valence electrons. The zero-order valence-electron chi connectivity index (χ0n) is 12.3. The Balaban J connectivity index is 1.65. The summed E-state index contributed by atoms with van der Waals surface area (Å²) >= 11 is 0. The summed E-state index contributed by atoms with van der Waals surface area (Å²) in [5, 5.41) is 11.3. The van der Waals surface area contributed by atoms with Gasteiger partial charge in [0.25, 0.3) is 0 Å². The average molecular weight is 287 g/mol. The fourth-order valence-corrected chi connectivity index (χ4v) is 2.98. The van der Waals surface area contributed by atoms with Crippen LogP contribution in [0.5, 0.6) is 0 Å². The van der Waals surface area contributed by atoms with Gasteiger partial charge in [0.1, 0.15) is 0 Å². The Morgan fingerprint density at radius 3 is 3.00 bits per heavy atom. The number of hydrogen-bond donors (Lipinski definition) is 1. The maximum Gasteiger partial charge on any atom is 0.224 e. The number of hydrogen-bond acceptors (Lipinski definition) is 3. The maximum absolute atomic E-state index is 12.6. The molecule has 0 radical (unpaired) electrons. The zero-order valence-corrected chi connectivity index (χ0v) is 12.3. The molecule has 0 bridgehead atoms. The van der Waals surface area contributed by atoms with E-state index in [1.54, 1.807) is 12.4 Å². The van der Waals surface area contributed by atoms with E-state index in [2.05, 4.69) is 15.3 Å². The first kappa shape index (κ1) is 13.9. The monoisotopic (exact) mass is 287 g/mol. The summed E-state index contributed by atoms with van der Waals surface area (Å²) in [5.74, 6) is 0.198. The van der Waals surface area contributed by atoms with Crippen LogP contribution in [0, 0.1) is 6.92 Å². The molecule has 3 heterocycles. The van der Waals surface area contributed by atoms with E-state index in [9.17, 15) is 4.79 Å². The lowest BCUT2D eigenvalue weighted by atomic mass is 9.99. The number of aromatic nitrogens is 4. The van der Waals surface area contributed by atoms with Gasteiger partial charge in [-0.25, -0.2) is 0 Å². The number of nitrogens with one attached hydrogen (secondary N) is 1. The first-order valence-corrected chi connectivity index (χ1v) is 7.53. The van der Waals surface area contributed by atoms with Crippen molar-refractivity contribution in [3.8, 4) is 0 Å². The van der Waals surface area contributed by atoms with Gasteiger partial charge in [0.05, 0.1) is 11.7 Å². The van der Waals surface area contributed by atoms with Crippen LogP contribution >= 0.6 is 0 Å². The minimum Gasteiger partial charge on any atom is -0.334 e. The first-order chi connectivity index (χ1) is 10.3. The van der Waals surface area contributed by atoms with Gasteiger partial charge in [0.2, 0.25) is 5.91 Å². The molecule has 1 aliphatic heterocycles. The summed E-state index contributed by atoms with van der Waals surface area (Å²) in [6, 6.07) is 4.07. The molecule has 21 heavy (non-hydrogen) atoms. The Morgan fingerprint density at radius 1 is 1.38 bits per heavy atom. The van der Waals surface area contributed by atoms with E-state index in [0.29, 0.717) is 13.0 Å². The highest BCUT2D eigenvalue weighted by molar-refractivity contribution is 5.76. The lowest BCUT2D eigenvalue weighted by Crippen LogP contribution is -2.39. The SMILES string of the molecule is Cc1ccnn1CCC(=O)N1CCCC[C@H]1c1ccn[nH]1. The molecule has 1 N–H and O–H groups in total. The molecule has 0 aliphatic carbocycles. The van der Waals surface area contributed by atoms with E-state index in [0.717, 1.165) is 37.2 Å². The third kappa shape index (κ3) is 2.99. The highest BCUT2D eigenvalue weighted by atomic mass is 16.2. The van der Waals surface area contributed by atoms with E-state index in [4.69, 9.17) is 0 Å². The van der Waals surface area contributed by atoms with Gasteiger partial charge in [0, 0.05) is 37.6 Å². The predicted molar refractivity (Wildman–Crippen MR) is 78.5 cm³/mol. The van der Waals surface area contributed by atoms with E-state index in [1.807, 2.05) is 28.6 Å². The highest BCUT2D eigenvalue weighted by Crippen LogP contribution is 2.30. The van der Waals surface area contributed by atoms with Gasteiger partial charge >= 0.3 is 0 Å². The van der Waals surface area contributed by atoms with Crippen molar-refractivity contribution < 1.29 is 4.79 Å². The van der Waals surface area contributed by atoms with Crippen molar-refractivity contribution in [3.05, 3.63) is 35.9 Å². The van der Waals surface area contributed by atoms with Crippen LogP contribution in [0.3, 0.4) is 0 Å². The largest absolute Gasteiger partial charge is 0.334 e. The minimum absolute atomic E-state index is 0.146. The minimum atomic E-state index is 0.146. The van der Waals surface area contributed by atoms with Crippen LogP contribution in [-0.2, 0) is 11.3 Å².